The van der Waals surface area contributed by atoms with Crippen molar-refractivity contribution >= 4 is 23.1 Å². The summed E-state index contributed by atoms with van der Waals surface area (Å²) in [5.41, 5.74) is 1.19. The molecule has 0 fully saturated rings. The van der Waals surface area contributed by atoms with E-state index in [1.165, 1.54) is 10.7 Å². The fraction of sp³-hybridized carbons (Fsp3) is 0.357. The fourth-order valence-corrected chi connectivity index (χ4v) is 1.97. The highest BCUT2D eigenvalue weighted by atomic mass is 35.5. The van der Waals surface area contributed by atoms with Crippen LogP contribution in [0.4, 0.5) is 11.5 Å². The summed E-state index contributed by atoms with van der Waals surface area (Å²) in [4.78, 5) is 18.3. The number of aromatic nitrogens is 3. The predicted octanol–water partition coefficient (Wildman–Crippen LogP) is 1.84. The van der Waals surface area contributed by atoms with Crippen LogP contribution in [0.3, 0.4) is 0 Å². The lowest BCUT2D eigenvalue weighted by Gasteiger charge is -2.13. The van der Waals surface area contributed by atoms with Crippen LogP contribution in [0.1, 0.15) is 12.6 Å². The second-order valence-corrected chi connectivity index (χ2v) is 5.17. The van der Waals surface area contributed by atoms with Gasteiger partial charge in [-0.05, 0) is 19.1 Å². The molecule has 0 aliphatic rings. The number of rotatable bonds is 5. The van der Waals surface area contributed by atoms with E-state index in [9.17, 15) is 4.79 Å². The molecule has 112 valence electrons. The zero-order chi connectivity index (χ0) is 15.4. The fourth-order valence-electron chi connectivity index (χ4n) is 1.80. The van der Waals surface area contributed by atoms with Crippen molar-refractivity contribution in [2.24, 2.45) is 0 Å². The van der Waals surface area contributed by atoms with Gasteiger partial charge in [0.1, 0.15) is 5.82 Å². The standard InChI is InChI=1S/C14H18ClN5O/c1-4-16-13-6-5-11(15)12(18-13)9-20-14(21)7-10(8-17-20)19(2)3/h5-8H,4,9H2,1-3H3,(H,16,18). The normalized spacial score (nSPS) is 10.5. The zero-order valence-corrected chi connectivity index (χ0v) is 13.1. The molecule has 2 heterocycles. The summed E-state index contributed by atoms with van der Waals surface area (Å²) in [7, 11) is 3.72. The molecular weight excluding hydrogens is 290 g/mol. The first-order valence-corrected chi connectivity index (χ1v) is 7.03. The van der Waals surface area contributed by atoms with E-state index in [0.717, 1.165) is 18.1 Å². The van der Waals surface area contributed by atoms with Crippen LogP contribution in [0.2, 0.25) is 5.02 Å². The summed E-state index contributed by atoms with van der Waals surface area (Å²) >= 11 is 6.14. The van der Waals surface area contributed by atoms with E-state index >= 15 is 0 Å². The van der Waals surface area contributed by atoms with E-state index in [1.54, 1.807) is 18.3 Å². The molecule has 0 saturated carbocycles. The molecule has 0 bridgehead atoms. The number of nitrogens with zero attached hydrogens (tertiary/aromatic N) is 4. The first-order chi connectivity index (χ1) is 10.0. The van der Waals surface area contributed by atoms with Gasteiger partial charge in [0.05, 0.1) is 29.1 Å². The summed E-state index contributed by atoms with van der Waals surface area (Å²) in [6, 6.07) is 5.11. The van der Waals surface area contributed by atoms with Gasteiger partial charge in [0.2, 0.25) is 0 Å². The molecule has 21 heavy (non-hydrogen) atoms. The highest BCUT2D eigenvalue weighted by molar-refractivity contribution is 6.31. The van der Waals surface area contributed by atoms with Crippen molar-refractivity contribution in [2.75, 3.05) is 30.9 Å². The molecular formula is C14H18ClN5O. The maximum Gasteiger partial charge on any atom is 0.269 e. The number of pyridine rings is 1. The van der Waals surface area contributed by atoms with E-state index in [4.69, 9.17) is 11.6 Å². The van der Waals surface area contributed by atoms with Gasteiger partial charge < -0.3 is 10.2 Å². The monoisotopic (exact) mass is 307 g/mol. The summed E-state index contributed by atoms with van der Waals surface area (Å²) in [5.74, 6) is 0.731. The molecule has 0 atom stereocenters. The lowest BCUT2D eigenvalue weighted by Crippen LogP contribution is -2.25. The molecule has 0 spiro atoms. The maximum absolute atomic E-state index is 12.1. The second kappa shape index (κ2) is 6.58. The summed E-state index contributed by atoms with van der Waals surface area (Å²) in [6.45, 7) is 3.00. The average molecular weight is 308 g/mol. The minimum Gasteiger partial charge on any atom is -0.376 e. The van der Waals surface area contributed by atoms with Crippen LogP contribution in [0.25, 0.3) is 0 Å². The van der Waals surface area contributed by atoms with E-state index in [-0.39, 0.29) is 12.1 Å². The minimum absolute atomic E-state index is 0.187. The van der Waals surface area contributed by atoms with Gasteiger partial charge in [0, 0.05) is 26.7 Å². The van der Waals surface area contributed by atoms with Crippen LogP contribution < -0.4 is 15.8 Å². The lowest BCUT2D eigenvalue weighted by atomic mass is 10.3. The van der Waals surface area contributed by atoms with Gasteiger partial charge in [-0.25, -0.2) is 9.67 Å². The number of hydrogen-bond acceptors (Lipinski definition) is 5. The van der Waals surface area contributed by atoms with E-state index < -0.39 is 0 Å². The third kappa shape index (κ3) is 3.72. The van der Waals surface area contributed by atoms with Crippen molar-refractivity contribution < 1.29 is 0 Å². The summed E-state index contributed by atoms with van der Waals surface area (Å²) in [5, 5.41) is 7.79. The number of anilines is 2. The largest absolute Gasteiger partial charge is 0.376 e. The Bertz CT molecular complexity index is 683. The Morgan fingerprint density at radius 2 is 2.14 bits per heavy atom. The van der Waals surface area contributed by atoms with Crippen LogP contribution in [0.5, 0.6) is 0 Å². The van der Waals surface area contributed by atoms with Gasteiger partial charge in [-0.15, -0.1) is 0 Å². The molecule has 0 aliphatic carbocycles. The second-order valence-electron chi connectivity index (χ2n) is 4.76. The Kier molecular flexibility index (Phi) is 4.80. The molecule has 0 amide bonds. The molecule has 0 aliphatic heterocycles. The predicted molar refractivity (Wildman–Crippen MR) is 85.3 cm³/mol. The Labute approximate surface area is 128 Å². The SMILES string of the molecule is CCNc1ccc(Cl)c(Cn2ncc(N(C)C)cc2=O)n1. The molecule has 6 nitrogen and oxygen atoms in total. The first-order valence-electron chi connectivity index (χ1n) is 6.65. The van der Waals surface area contributed by atoms with Crippen molar-refractivity contribution in [1.29, 1.82) is 0 Å². The van der Waals surface area contributed by atoms with Crippen LogP contribution in [-0.4, -0.2) is 35.4 Å². The van der Waals surface area contributed by atoms with Gasteiger partial charge in [0.25, 0.3) is 5.56 Å². The van der Waals surface area contributed by atoms with Gasteiger partial charge in [0.15, 0.2) is 0 Å². The Hall–Kier alpha value is -2.08. The minimum atomic E-state index is -0.187. The summed E-state index contributed by atoms with van der Waals surface area (Å²) in [6.07, 6.45) is 1.64. The Morgan fingerprint density at radius 3 is 2.76 bits per heavy atom. The van der Waals surface area contributed by atoms with Crippen LogP contribution in [0.15, 0.2) is 29.2 Å². The maximum atomic E-state index is 12.1. The van der Waals surface area contributed by atoms with Crippen LogP contribution in [-0.2, 0) is 6.54 Å². The molecule has 2 rings (SSSR count). The average Bonchev–Trinajstić information content (AvgIpc) is 2.44. The Balaban J connectivity index is 2.29. The highest BCUT2D eigenvalue weighted by Crippen LogP contribution is 2.17. The van der Waals surface area contributed by atoms with Crippen molar-refractivity contribution in [3.63, 3.8) is 0 Å². The third-order valence-corrected chi connectivity index (χ3v) is 3.29. The highest BCUT2D eigenvalue weighted by Gasteiger charge is 2.08. The van der Waals surface area contributed by atoms with Gasteiger partial charge in [-0.3, -0.25) is 4.79 Å². The molecule has 2 aromatic rings. The van der Waals surface area contributed by atoms with Crippen LogP contribution in [0, 0.1) is 0 Å². The van der Waals surface area contributed by atoms with E-state index in [0.29, 0.717) is 10.7 Å². The van der Waals surface area contributed by atoms with Crippen molar-refractivity contribution in [3.05, 3.63) is 45.5 Å². The molecule has 0 aromatic carbocycles. The number of nitrogens with one attached hydrogen (secondary N) is 1. The van der Waals surface area contributed by atoms with E-state index in [2.05, 4.69) is 15.4 Å². The molecule has 2 aromatic heterocycles. The smallest absolute Gasteiger partial charge is 0.269 e. The Morgan fingerprint density at radius 1 is 1.38 bits per heavy atom. The molecule has 0 unspecified atom stereocenters. The van der Waals surface area contributed by atoms with Crippen molar-refractivity contribution in [1.82, 2.24) is 14.8 Å². The summed E-state index contributed by atoms with van der Waals surface area (Å²) < 4.78 is 1.34. The number of hydrogen-bond donors (Lipinski definition) is 1. The lowest BCUT2D eigenvalue weighted by molar-refractivity contribution is 0.628. The molecule has 0 saturated heterocycles. The van der Waals surface area contributed by atoms with Gasteiger partial charge in [-0.1, -0.05) is 11.6 Å². The molecule has 1 N–H and O–H groups in total. The van der Waals surface area contributed by atoms with Gasteiger partial charge in [-0.2, -0.15) is 5.10 Å². The molecule has 7 heteroatoms. The van der Waals surface area contributed by atoms with Gasteiger partial charge >= 0.3 is 0 Å². The van der Waals surface area contributed by atoms with Crippen molar-refractivity contribution in [3.8, 4) is 0 Å². The first kappa shape index (κ1) is 15.3. The molecule has 0 radical (unpaired) electrons. The van der Waals surface area contributed by atoms with Crippen molar-refractivity contribution in [2.45, 2.75) is 13.5 Å². The topological polar surface area (TPSA) is 63.1 Å². The third-order valence-electron chi connectivity index (χ3n) is 2.95. The quantitative estimate of drug-likeness (QED) is 0.913. The van der Waals surface area contributed by atoms with E-state index in [1.807, 2.05) is 25.9 Å². The van der Waals surface area contributed by atoms with Crippen LogP contribution >= 0.6 is 11.6 Å². The zero-order valence-electron chi connectivity index (χ0n) is 12.3. The number of halogens is 1.